The third-order valence-electron chi connectivity index (χ3n) is 5.15. The van der Waals surface area contributed by atoms with E-state index in [1.54, 1.807) is 27.7 Å². The summed E-state index contributed by atoms with van der Waals surface area (Å²) >= 11 is 0. The zero-order valence-corrected chi connectivity index (χ0v) is 19.4. The van der Waals surface area contributed by atoms with Gasteiger partial charge in [-0.1, -0.05) is 34.1 Å². The third-order valence-corrected chi connectivity index (χ3v) is 5.15. The molecule has 0 aromatic carbocycles. The predicted molar refractivity (Wildman–Crippen MR) is 118 cm³/mol. The molecular formula is C20H36N6O7. The van der Waals surface area contributed by atoms with E-state index >= 15 is 0 Å². The maximum absolute atomic E-state index is 12.8. The molecule has 5 atom stereocenters. The van der Waals surface area contributed by atoms with Crippen molar-refractivity contribution in [3.8, 4) is 0 Å². The van der Waals surface area contributed by atoms with Gasteiger partial charge in [0.2, 0.25) is 29.5 Å². The smallest absolute Gasteiger partial charge is 0.326 e. The Morgan fingerprint density at radius 3 is 1.76 bits per heavy atom. The van der Waals surface area contributed by atoms with E-state index in [0.29, 0.717) is 6.42 Å². The Bertz CT molecular complexity index is 742. The number of primary amides is 2. The number of carboxylic acids is 1. The summed E-state index contributed by atoms with van der Waals surface area (Å²) in [5, 5.41) is 16.4. The molecule has 0 aliphatic carbocycles. The minimum atomic E-state index is -1.44. The molecule has 0 aromatic heterocycles. The van der Waals surface area contributed by atoms with E-state index in [0.717, 1.165) is 0 Å². The molecular weight excluding hydrogens is 436 g/mol. The van der Waals surface area contributed by atoms with Crippen molar-refractivity contribution in [3.05, 3.63) is 0 Å². The van der Waals surface area contributed by atoms with Crippen LogP contribution in [-0.4, -0.2) is 64.8 Å². The van der Waals surface area contributed by atoms with Gasteiger partial charge < -0.3 is 38.3 Å². The van der Waals surface area contributed by atoms with Crippen LogP contribution >= 0.6 is 0 Å². The Labute approximate surface area is 192 Å². The molecule has 0 saturated carbocycles. The van der Waals surface area contributed by atoms with E-state index in [2.05, 4.69) is 16.0 Å². The number of amides is 5. The summed E-state index contributed by atoms with van der Waals surface area (Å²) in [7, 11) is 0. The molecule has 5 unspecified atom stereocenters. The number of rotatable bonds is 15. The molecule has 0 heterocycles. The molecule has 0 aromatic rings. The minimum absolute atomic E-state index is 0.234. The van der Waals surface area contributed by atoms with Gasteiger partial charge in [-0.15, -0.1) is 0 Å². The van der Waals surface area contributed by atoms with E-state index in [9.17, 15) is 33.9 Å². The van der Waals surface area contributed by atoms with Crippen LogP contribution in [0, 0.1) is 11.8 Å². The SMILES string of the molecule is CCC(C)C(NC(=O)C(CCC(N)=O)NC(=O)C(CC(N)=O)NC(=O)C(N)C(C)C)C(=O)O. The monoisotopic (exact) mass is 472 g/mol. The van der Waals surface area contributed by atoms with Gasteiger partial charge in [-0.3, -0.25) is 24.0 Å². The number of carbonyl (C=O) groups is 6. The van der Waals surface area contributed by atoms with Crippen molar-refractivity contribution >= 4 is 35.5 Å². The van der Waals surface area contributed by atoms with Crippen molar-refractivity contribution in [3.63, 3.8) is 0 Å². The van der Waals surface area contributed by atoms with Gasteiger partial charge in [0.15, 0.2) is 0 Å². The van der Waals surface area contributed by atoms with Gasteiger partial charge in [-0.2, -0.15) is 0 Å². The molecule has 188 valence electrons. The van der Waals surface area contributed by atoms with Crippen molar-refractivity contribution in [2.45, 2.75) is 77.5 Å². The highest BCUT2D eigenvalue weighted by molar-refractivity contribution is 5.96. The second kappa shape index (κ2) is 14.0. The molecule has 5 amide bonds. The van der Waals surface area contributed by atoms with Crippen LogP contribution in [0.2, 0.25) is 0 Å². The number of hydrogen-bond acceptors (Lipinski definition) is 7. The summed E-state index contributed by atoms with van der Waals surface area (Å²) in [4.78, 5) is 72.0. The average Bonchev–Trinajstić information content (AvgIpc) is 2.71. The van der Waals surface area contributed by atoms with Gasteiger partial charge >= 0.3 is 5.97 Å². The van der Waals surface area contributed by atoms with Crippen LogP contribution in [0.15, 0.2) is 0 Å². The molecule has 13 nitrogen and oxygen atoms in total. The third kappa shape index (κ3) is 10.8. The van der Waals surface area contributed by atoms with E-state index < -0.39 is 72.0 Å². The molecule has 0 aliphatic rings. The quantitative estimate of drug-likeness (QED) is 0.136. The van der Waals surface area contributed by atoms with Crippen LogP contribution in [0.3, 0.4) is 0 Å². The number of carbonyl (C=O) groups excluding carboxylic acids is 5. The fraction of sp³-hybridized carbons (Fsp3) is 0.700. The van der Waals surface area contributed by atoms with Crippen molar-refractivity contribution in [1.29, 1.82) is 0 Å². The first-order valence-electron chi connectivity index (χ1n) is 10.7. The van der Waals surface area contributed by atoms with Crippen LogP contribution in [0.1, 0.15) is 53.4 Å². The lowest BCUT2D eigenvalue weighted by atomic mass is 9.98. The molecule has 13 heteroatoms. The van der Waals surface area contributed by atoms with Crippen LogP contribution in [0.5, 0.6) is 0 Å². The van der Waals surface area contributed by atoms with Crippen molar-refractivity contribution < 1.29 is 33.9 Å². The normalized spacial score (nSPS) is 15.5. The lowest BCUT2D eigenvalue weighted by molar-refractivity contribution is -0.144. The largest absolute Gasteiger partial charge is 0.480 e. The molecule has 0 radical (unpaired) electrons. The first-order chi connectivity index (χ1) is 15.2. The topological polar surface area (TPSA) is 237 Å². The number of aliphatic carboxylic acids is 1. The first-order valence-corrected chi connectivity index (χ1v) is 10.7. The Morgan fingerprint density at radius 1 is 0.818 bits per heavy atom. The summed E-state index contributed by atoms with van der Waals surface area (Å²) in [5.74, 6) is -6.08. The Morgan fingerprint density at radius 2 is 1.33 bits per heavy atom. The second-order valence-corrected chi connectivity index (χ2v) is 8.28. The molecule has 0 rings (SSSR count). The molecule has 33 heavy (non-hydrogen) atoms. The minimum Gasteiger partial charge on any atom is -0.480 e. The Kier molecular flexibility index (Phi) is 12.7. The van der Waals surface area contributed by atoms with Gasteiger partial charge in [-0.25, -0.2) is 4.79 Å². The highest BCUT2D eigenvalue weighted by Gasteiger charge is 2.32. The number of carboxylic acid groups (broad SMARTS) is 1. The summed E-state index contributed by atoms with van der Waals surface area (Å²) < 4.78 is 0. The maximum Gasteiger partial charge on any atom is 0.326 e. The van der Waals surface area contributed by atoms with Crippen LogP contribution in [-0.2, 0) is 28.8 Å². The van der Waals surface area contributed by atoms with Gasteiger partial charge in [0, 0.05) is 6.42 Å². The van der Waals surface area contributed by atoms with E-state index in [1.165, 1.54) is 0 Å². The van der Waals surface area contributed by atoms with Gasteiger partial charge in [0.05, 0.1) is 12.5 Å². The van der Waals surface area contributed by atoms with Crippen LogP contribution in [0.4, 0.5) is 0 Å². The Hall–Kier alpha value is -3.22. The summed E-state index contributed by atoms with van der Waals surface area (Å²) in [6.07, 6.45) is -0.636. The van der Waals surface area contributed by atoms with Crippen molar-refractivity contribution in [1.82, 2.24) is 16.0 Å². The molecule has 10 N–H and O–H groups in total. The van der Waals surface area contributed by atoms with Gasteiger partial charge in [-0.05, 0) is 18.3 Å². The van der Waals surface area contributed by atoms with Crippen LogP contribution in [0.25, 0.3) is 0 Å². The lowest BCUT2D eigenvalue weighted by Gasteiger charge is -2.26. The standard InChI is InChI=1S/C20H36N6O7/c1-5-10(4)16(20(32)33)26-17(29)11(6-7-13(21)27)24-18(30)12(8-14(22)28)25-19(31)15(23)9(2)3/h9-12,15-16H,5-8,23H2,1-4H3,(H2,21,27)(H2,22,28)(H,24,30)(H,25,31)(H,26,29)(H,32,33). The molecule has 0 saturated heterocycles. The Balaban J connectivity index is 5.66. The van der Waals surface area contributed by atoms with E-state index in [-0.39, 0.29) is 18.8 Å². The maximum atomic E-state index is 12.8. The number of nitrogens with one attached hydrogen (secondary N) is 3. The van der Waals surface area contributed by atoms with Gasteiger partial charge in [0.25, 0.3) is 0 Å². The summed E-state index contributed by atoms with van der Waals surface area (Å²) in [6, 6.07) is -5.00. The zero-order valence-electron chi connectivity index (χ0n) is 19.4. The van der Waals surface area contributed by atoms with Crippen molar-refractivity contribution in [2.24, 2.45) is 29.0 Å². The number of nitrogens with two attached hydrogens (primary N) is 3. The van der Waals surface area contributed by atoms with E-state index in [4.69, 9.17) is 17.2 Å². The zero-order chi connectivity index (χ0) is 25.9. The highest BCUT2D eigenvalue weighted by atomic mass is 16.4. The molecule has 0 fully saturated rings. The second-order valence-electron chi connectivity index (χ2n) is 8.28. The molecule has 0 aliphatic heterocycles. The first kappa shape index (κ1) is 29.8. The summed E-state index contributed by atoms with van der Waals surface area (Å²) in [6.45, 7) is 6.76. The summed E-state index contributed by atoms with van der Waals surface area (Å²) in [5.41, 5.74) is 16.1. The average molecular weight is 473 g/mol. The fourth-order valence-corrected chi connectivity index (χ4v) is 2.75. The highest BCUT2D eigenvalue weighted by Crippen LogP contribution is 2.10. The molecule has 0 bridgehead atoms. The fourth-order valence-electron chi connectivity index (χ4n) is 2.75. The lowest BCUT2D eigenvalue weighted by Crippen LogP contribution is -2.58. The predicted octanol–water partition coefficient (Wildman–Crippen LogP) is -2.30. The number of hydrogen-bond donors (Lipinski definition) is 7. The van der Waals surface area contributed by atoms with Crippen molar-refractivity contribution in [2.75, 3.05) is 0 Å². The van der Waals surface area contributed by atoms with E-state index in [1.807, 2.05) is 0 Å². The molecule has 0 spiro atoms. The van der Waals surface area contributed by atoms with Gasteiger partial charge in [0.1, 0.15) is 18.1 Å². The van der Waals surface area contributed by atoms with Crippen LogP contribution < -0.4 is 33.2 Å².